The van der Waals surface area contributed by atoms with Crippen LogP contribution in [0.15, 0.2) is 57.7 Å². The van der Waals surface area contributed by atoms with Gasteiger partial charge in [0.25, 0.3) is 5.91 Å². The Hall–Kier alpha value is -2.88. The number of aryl methyl sites for hydroxylation is 1. The third-order valence-electron chi connectivity index (χ3n) is 3.83. The Kier molecular flexibility index (Phi) is 3.74. The number of rotatable bonds is 2. The summed E-state index contributed by atoms with van der Waals surface area (Å²) in [6.45, 7) is 2.00. The van der Waals surface area contributed by atoms with E-state index in [1.54, 1.807) is 26.2 Å². The average Bonchev–Trinajstić information content (AvgIpc) is 2.53. The van der Waals surface area contributed by atoms with Gasteiger partial charge in [-0.15, -0.1) is 0 Å². The van der Waals surface area contributed by atoms with Crippen LogP contribution in [0.2, 0.25) is 0 Å². The molecule has 0 spiro atoms. The summed E-state index contributed by atoms with van der Waals surface area (Å²) in [7, 11) is 3.37. The number of benzene rings is 2. The van der Waals surface area contributed by atoms with Crippen molar-refractivity contribution in [2.75, 3.05) is 14.1 Å². The molecule has 0 bridgehead atoms. The van der Waals surface area contributed by atoms with Crippen molar-refractivity contribution in [3.05, 3.63) is 70.1 Å². The topological polar surface area (TPSA) is 50.5 Å². The largest absolute Gasteiger partial charge is 0.423 e. The van der Waals surface area contributed by atoms with Gasteiger partial charge in [0.15, 0.2) is 0 Å². The van der Waals surface area contributed by atoms with Crippen molar-refractivity contribution >= 4 is 16.9 Å². The maximum Gasteiger partial charge on any atom is 0.336 e. The lowest BCUT2D eigenvalue weighted by Crippen LogP contribution is -2.21. The maximum absolute atomic E-state index is 12.1. The van der Waals surface area contributed by atoms with Gasteiger partial charge in [0.1, 0.15) is 5.58 Å². The van der Waals surface area contributed by atoms with Crippen LogP contribution in [-0.4, -0.2) is 24.9 Å². The molecule has 0 aliphatic carbocycles. The van der Waals surface area contributed by atoms with E-state index in [1.807, 2.05) is 37.3 Å². The lowest BCUT2D eigenvalue weighted by atomic mass is 9.97. The smallest absolute Gasteiger partial charge is 0.336 e. The molecule has 3 aromatic rings. The predicted molar refractivity (Wildman–Crippen MR) is 90.7 cm³/mol. The molecule has 0 atom stereocenters. The van der Waals surface area contributed by atoms with Crippen molar-refractivity contribution < 1.29 is 9.21 Å². The number of amides is 1. The second kappa shape index (κ2) is 5.72. The Bertz CT molecular complexity index is 954. The third kappa shape index (κ3) is 2.75. The van der Waals surface area contributed by atoms with E-state index in [2.05, 4.69) is 0 Å². The van der Waals surface area contributed by atoms with Crippen molar-refractivity contribution in [1.82, 2.24) is 4.90 Å². The van der Waals surface area contributed by atoms with Gasteiger partial charge in [0, 0.05) is 36.7 Å². The summed E-state index contributed by atoms with van der Waals surface area (Å²) >= 11 is 0. The first kappa shape index (κ1) is 15.0. The molecule has 0 saturated carbocycles. The normalized spacial score (nSPS) is 10.7. The van der Waals surface area contributed by atoms with Crippen molar-refractivity contribution in [3.63, 3.8) is 0 Å². The van der Waals surface area contributed by atoms with E-state index >= 15 is 0 Å². The Balaban J connectivity index is 2.27. The molecule has 1 heterocycles. The van der Waals surface area contributed by atoms with Crippen LogP contribution in [0.25, 0.3) is 22.1 Å². The molecule has 0 unspecified atom stereocenters. The second-order valence-corrected chi connectivity index (χ2v) is 5.70. The summed E-state index contributed by atoms with van der Waals surface area (Å²) in [4.78, 5) is 25.5. The van der Waals surface area contributed by atoms with Gasteiger partial charge in [-0.05, 0) is 36.2 Å². The summed E-state index contributed by atoms with van der Waals surface area (Å²) in [5.74, 6) is -0.129. The zero-order valence-electron chi connectivity index (χ0n) is 13.3. The molecule has 3 rings (SSSR count). The molecule has 0 radical (unpaired) electrons. The lowest BCUT2D eigenvalue weighted by molar-refractivity contribution is 0.0827. The molecule has 1 amide bonds. The maximum atomic E-state index is 12.1. The van der Waals surface area contributed by atoms with Crippen molar-refractivity contribution in [2.24, 2.45) is 0 Å². The minimum Gasteiger partial charge on any atom is -0.423 e. The Morgan fingerprint density at radius 3 is 2.43 bits per heavy atom. The Morgan fingerprint density at radius 2 is 1.74 bits per heavy atom. The molecule has 23 heavy (non-hydrogen) atoms. The number of carbonyl (C=O) groups is 1. The molecule has 4 nitrogen and oxygen atoms in total. The molecule has 4 heteroatoms. The zero-order chi connectivity index (χ0) is 16.6. The minimum atomic E-state index is -0.426. The second-order valence-electron chi connectivity index (χ2n) is 5.70. The molecular formula is C19H17NO3. The lowest BCUT2D eigenvalue weighted by Gasteiger charge is -2.12. The molecule has 116 valence electrons. The van der Waals surface area contributed by atoms with E-state index < -0.39 is 5.63 Å². The number of hydrogen-bond acceptors (Lipinski definition) is 3. The highest BCUT2D eigenvalue weighted by molar-refractivity contribution is 6.00. The van der Waals surface area contributed by atoms with Crippen LogP contribution in [0, 0.1) is 6.92 Å². The monoisotopic (exact) mass is 307 g/mol. The van der Waals surface area contributed by atoms with E-state index in [1.165, 1.54) is 11.0 Å². The average molecular weight is 307 g/mol. The molecule has 0 fully saturated rings. The highest BCUT2D eigenvalue weighted by Crippen LogP contribution is 2.30. The first-order valence-electron chi connectivity index (χ1n) is 7.33. The third-order valence-corrected chi connectivity index (χ3v) is 3.83. The molecule has 2 aromatic carbocycles. The van der Waals surface area contributed by atoms with Gasteiger partial charge in [-0.2, -0.15) is 0 Å². The predicted octanol–water partition coefficient (Wildman–Crippen LogP) is 3.47. The number of fused-ring (bicyclic) bond motifs is 1. The van der Waals surface area contributed by atoms with Gasteiger partial charge < -0.3 is 9.32 Å². The Morgan fingerprint density at radius 1 is 1.00 bits per heavy atom. The molecule has 1 aromatic heterocycles. The van der Waals surface area contributed by atoms with E-state index in [-0.39, 0.29) is 5.91 Å². The molecule has 0 N–H and O–H groups in total. The van der Waals surface area contributed by atoms with Gasteiger partial charge in [-0.1, -0.05) is 24.3 Å². The number of carbonyl (C=O) groups excluding carboxylic acids is 1. The van der Waals surface area contributed by atoms with Crippen molar-refractivity contribution in [2.45, 2.75) is 6.92 Å². The summed E-state index contributed by atoms with van der Waals surface area (Å²) in [5.41, 5.74) is 3.37. The number of hydrogen-bond donors (Lipinski definition) is 0. The van der Waals surface area contributed by atoms with Crippen LogP contribution < -0.4 is 5.63 Å². The summed E-state index contributed by atoms with van der Waals surface area (Å²) in [5, 5.41) is 0.814. The van der Waals surface area contributed by atoms with E-state index in [4.69, 9.17) is 4.42 Å². The van der Waals surface area contributed by atoms with Gasteiger partial charge in [0.2, 0.25) is 0 Å². The fourth-order valence-corrected chi connectivity index (χ4v) is 2.65. The van der Waals surface area contributed by atoms with Crippen LogP contribution in [0.3, 0.4) is 0 Å². The van der Waals surface area contributed by atoms with Crippen LogP contribution in [0.4, 0.5) is 0 Å². The fourth-order valence-electron chi connectivity index (χ4n) is 2.65. The van der Waals surface area contributed by atoms with Crippen molar-refractivity contribution in [1.29, 1.82) is 0 Å². The standard InChI is InChI=1S/C19H17NO3/c1-12-6-4-5-7-14(12)16-11-18(21)23-17-10-13(8-9-15(16)17)19(22)20(2)3/h4-11H,1-3H3. The minimum absolute atomic E-state index is 0.129. The first-order chi connectivity index (χ1) is 11.0. The Labute approximate surface area is 134 Å². The summed E-state index contributed by atoms with van der Waals surface area (Å²) in [6.07, 6.45) is 0. The van der Waals surface area contributed by atoms with Gasteiger partial charge >= 0.3 is 5.63 Å². The zero-order valence-corrected chi connectivity index (χ0v) is 13.3. The van der Waals surface area contributed by atoms with Gasteiger partial charge in [0.05, 0.1) is 0 Å². The SMILES string of the molecule is Cc1ccccc1-c1cc(=O)oc2cc(C(=O)N(C)C)ccc12. The molecule has 0 saturated heterocycles. The first-order valence-corrected chi connectivity index (χ1v) is 7.33. The van der Waals surface area contributed by atoms with Crippen LogP contribution >= 0.6 is 0 Å². The van der Waals surface area contributed by atoms with Crippen LogP contribution in [0.1, 0.15) is 15.9 Å². The highest BCUT2D eigenvalue weighted by Gasteiger charge is 2.13. The molecule has 0 aliphatic rings. The molecule has 0 aliphatic heterocycles. The van der Waals surface area contributed by atoms with Crippen molar-refractivity contribution in [3.8, 4) is 11.1 Å². The summed E-state index contributed by atoms with van der Waals surface area (Å²) in [6, 6.07) is 14.6. The molecular weight excluding hydrogens is 290 g/mol. The van der Waals surface area contributed by atoms with E-state index in [0.717, 1.165) is 22.1 Å². The van der Waals surface area contributed by atoms with Gasteiger partial charge in [-0.25, -0.2) is 4.79 Å². The van der Waals surface area contributed by atoms with Crippen LogP contribution in [0.5, 0.6) is 0 Å². The number of nitrogens with zero attached hydrogens (tertiary/aromatic N) is 1. The summed E-state index contributed by atoms with van der Waals surface area (Å²) < 4.78 is 5.31. The van der Waals surface area contributed by atoms with E-state index in [9.17, 15) is 9.59 Å². The van der Waals surface area contributed by atoms with Gasteiger partial charge in [-0.3, -0.25) is 4.79 Å². The fraction of sp³-hybridized carbons (Fsp3) is 0.158. The van der Waals surface area contributed by atoms with E-state index in [0.29, 0.717) is 11.1 Å². The van der Waals surface area contributed by atoms with Crippen LogP contribution in [-0.2, 0) is 0 Å². The highest BCUT2D eigenvalue weighted by atomic mass is 16.4. The quantitative estimate of drug-likeness (QED) is 0.681.